The molecule has 0 radical (unpaired) electrons. The molecule has 0 bridgehead atoms. The SMILES string of the molecule is C=CC(=O)N1CCC(n2nc(N3CC[C@@H](CN4CCN(C5COC5)C[C@@H]4COC)CC3(C)C)c(-c3c(Cl)c(Cl)cc4[nH]ncc34)c2C)CC1. The number of aromatic nitrogens is 4. The molecular weight excluding hydrogens is 663 g/mol. The number of ether oxygens (including phenoxy) is 2. The van der Waals surface area contributed by atoms with Crippen molar-refractivity contribution in [3.63, 3.8) is 0 Å². The van der Waals surface area contributed by atoms with Gasteiger partial charge < -0.3 is 19.3 Å². The van der Waals surface area contributed by atoms with Gasteiger partial charge in [-0.15, -0.1) is 0 Å². The van der Waals surface area contributed by atoms with Crippen molar-refractivity contribution in [1.82, 2.24) is 34.7 Å². The second-order valence-corrected chi connectivity index (χ2v) is 15.8. The van der Waals surface area contributed by atoms with Gasteiger partial charge in [-0.2, -0.15) is 10.2 Å². The molecule has 1 amide bonds. The summed E-state index contributed by atoms with van der Waals surface area (Å²) in [7, 11) is 1.82. The normalized spacial score (nSPS) is 24.4. The van der Waals surface area contributed by atoms with E-state index in [4.69, 9.17) is 37.8 Å². The van der Waals surface area contributed by atoms with Crippen LogP contribution in [0.1, 0.15) is 51.3 Å². The second-order valence-electron chi connectivity index (χ2n) is 15.0. The summed E-state index contributed by atoms with van der Waals surface area (Å²) in [6.45, 7) is 19.5. The lowest BCUT2D eigenvalue weighted by Gasteiger charge is -2.50. The van der Waals surface area contributed by atoms with Crippen molar-refractivity contribution < 1.29 is 14.3 Å². The smallest absolute Gasteiger partial charge is 0.245 e. The fourth-order valence-corrected chi connectivity index (χ4v) is 9.22. The molecule has 4 aliphatic rings. The molecule has 49 heavy (non-hydrogen) atoms. The summed E-state index contributed by atoms with van der Waals surface area (Å²) in [6, 6.07) is 2.94. The van der Waals surface area contributed by atoms with Crippen LogP contribution in [0.3, 0.4) is 0 Å². The predicted molar refractivity (Wildman–Crippen MR) is 195 cm³/mol. The summed E-state index contributed by atoms with van der Waals surface area (Å²) < 4.78 is 13.4. The first-order valence-electron chi connectivity index (χ1n) is 17.7. The Morgan fingerprint density at radius 1 is 1.12 bits per heavy atom. The van der Waals surface area contributed by atoms with E-state index in [0.29, 0.717) is 41.1 Å². The molecule has 1 N–H and O–H groups in total. The fourth-order valence-electron chi connectivity index (χ4n) is 8.76. The van der Waals surface area contributed by atoms with Gasteiger partial charge in [-0.1, -0.05) is 29.8 Å². The zero-order valence-electron chi connectivity index (χ0n) is 29.3. The van der Waals surface area contributed by atoms with Crippen molar-refractivity contribution in [3.05, 3.63) is 40.7 Å². The number of piperazine rings is 1. The number of likely N-dealkylation sites (tertiary alicyclic amines) is 1. The van der Waals surface area contributed by atoms with Crippen LogP contribution in [0.25, 0.3) is 22.0 Å². The topological polar surface area (TPSA) is 95.0 Å². The summed E-state index contributed by atoms with van der Waals surface area (Å²) in [5, 5.41) is 14.8. The maximum absolute atomic E-state index is 12.4. The van der Waals surface area contributed by atoms with E-state index in [-0.39, 0.29) is 17.5 Å². The van der Waals surface area contributed by atoms with Crippen LogP contribution in [0.4, 0.5) is 5.82 Å². The van der Waals surface area contributed by atoms with E-state index in [2.05, 4.69) is 56.9 Å². The number of halogens is 2. The van der Waals surface area contributed by atoms with Gasteiger partial charge in [0.25, 0.3) is 0 Å². The number of carbonyl (C=O) groups excluding carboxylic acids is 1. The number of amides is 1. The lowest BCUT2D eigenvalue weighted by molar-refractivity contribution is -0.127. The number of rotatable bonds is 9. The Bertz CT molecular complexity index is 1680. The zero-order chi connectivity index (χ0) is 34.4. The molecule has 3 aromatic rings. The van der Waals surface area contributed by atoms with Gasteiger partial charge in [0, 0.05) is 86.7 Å². The minimum Gasteiger partial charge on any atom is -0.383 e. The molecule has 4 aliphatic heterocycles. The van der Waals surface area contributed by atoms with E-state index < -0.39 is 0 Å². The van der Waals surface area contributed by atoms with E-state index >= 15 is 0 Å². The molecule has 4 fully saturated rings. The number of nitrogens with one attached hydrogen (secondary N) is 1. The lowest BCUT2D eigenvalue weighted by Crippen LogP contribution is -2.62. The van der Waals surface area contributed by atoms with Crippen LogP contribution in [-0.4, -0.2) is 131 Å². The molecule has 4 saturated heterocycles. The molecular formula is C36H50Cl2N8O3. The summed E-state index contributed by atoms with van der Waals surface area (Å²) in [6.07, 6.45) is 6.99. The fraction of sp³-hybridized carbons (Fsp3) is 0.639. The van der Waals surface area contributed by atoms with E-state index in [9.17, 15) is 4.79 Å². The number of hydrogen-bond donors (Lipinski definition) is 1. The Balaban J connectivity index is 1.18. The molecule has 0 aliphatic carbocycles. The summed E-state index contributed by atoms with van der Waals surface area (Å²) >= 11 is 13.8. The van der Waals surface area contributed by atoms with Crippen molar-refractivity contribution in [1.29, 1.82) is 0 Å². The molecule has 266 valence electrons. The quantitative estimate of drug-likeness (QED) is 0.294. The predicted octanol–water partition coefficient (Wildman–Crippen LogP) is 5.42. The molecule has 13 heteroatoms. The lowest BCUT2D eigenvalue weighted by atomic mass is 9.81. The van der Waals surface area contributed by atoms with Gasteiger partial charge >= 0.3 is 0 Å². The average molecular weight is 714 g/mol. The van der Waals surface area contributed by atoms with Crippen molar-refractivity contribution in [2.75, 3.05) is 77.6 Å². The van der Waals surface area contributed by atoms with Gasteiger partial charge in [0.2, 0.25) is 5.91 Å². The van der Waals surface area contributed by atoms with E-state index in [1.54, 1.807) is 0 Å². The number of carbonyl (C=O) groups is 1. The minimum atomic E-state index is -0.161. The highest BCUT2D eigenvalue weighted by atomic mass is 35.5. The van der Waals surface area contributed by atoms with Gasteiger partial charge in [-0.25, -0.2) is 0 Å². The van der Waals surface area contributed by atoms with Gasteiger partial charge in [-0.3, -0.25) is 24.4 Å². The molecule has 2 aromatic heterocycles. The minimum absolute atomic E-state index is 0.0157. The third kappa shape index (κ3) is 6.63. The van der Waals surface area contributed by atoms with Crippen LogP contribution in [-0.2, 0) is 14.3 Å². The maximum Gasteiger partial charge on any atom is 0.245 e. The van der Waals surface area contributed by atoms with Crippen LogP contribution in [0, 0.1) is 12.8 Å². The van der Waals surface area contributed by atoms with Gasteiger partial charge in [-0.05, 0) is 64.5 Å². The highest BCUT2D eigenvalue weighted by Crippen LogP contribution is 2.48. The van der Waals surface area contributed by atoms with Crippen molar-refractivity contribution in [3.8, 4) is 11.1 Å². The Kier molecular flexibility index (Phi) is 10.0. The van der Waals surface area contributed by atoms with E-state index in [1.165, 1.54) is 6.08 Å². The molecule has 0 saturated carbocycles. The number of hydrogen-bond acceptors (Lipinski definition) is 8. The van der Waals surface area contributed by atoms with Crippen LogP contribution in [0.5, 0.6) is 0 Å². The molecule has 0 unspecified atom stereocenters. The van der Waals surface area contributed by atoms with Crippen molar-refractivity contribution in [2.24, 2.45) is 5.92 Å². The number of nitrogens with zero attached hydrogens (tertiary/aromatic N) is 7. The third-order valence-corrected chi connectivity index (χ3v) is 12.3. The molecule has 1 aromatic carbocycles. The number of anilines is 1. The molecule has 11 nitrogen and oxygen atoms in total. The number of H-pyrrole nitrogens is 1. The van der Waals surface area contributed by atoms with E-state index in [0.717, 1.165) is 112 Å². The number of piperidine rings is 2. The largest absolute Gasteiger partial charge is 0.383 e. The summed E-state index contributed by atoms with van der Waals surface area (Å²) in [4.78, 5) is 22.0. The first kappa shape index (κ1) is 34.8. The molecule has 2 atom stereocenters. The molecule has 0 spiro atoms. The number of aromatic amines is 1. The molecule has 7 rings (SSSR count). The first-order valence-corrected chi connectivity index (χ1v) is 18.5. The Hall–Kier alpha value is -2.67. The zero-order valence-corrected chi connectivity index (χ0v) is 30.8. The number of fused-ring (bicyclic) bond motifs is 1. The van der Waals surface area contributed by atoms with Crippen molar-refractivity contribution in [2.45, 2.75) is 70.1 Å². The summed E-state index contributed by atoms with van der Waals surface area (Å²) in [5.74, 6) is 1.47. The number of benzene rings is 1. The van der Waals surface area contributed by atoms with Crippen LogP contribution < -0.4 is 4.90 Å². The first-order chi connectivity index (χ1) is 23.6. The molecule has 6 heterocycles. The highest BCUT2D eigenvalue weighted by molar-refractivity contribution is 6.45. The highest BCUT2D eigenvalue weighted by Gasteiger charge is 2.41. The van der Waals surface area contributed by atoms with Gasteiger partial charge in [0.05, 0.1) is 53.7 Å². The summed E-state index contributed by atoms with van der Waals surface area (Å²) in [5.41, 5.74) is 3.60. The monoisotopic (exact) mass is 712 g/mol. The van der Waals surface area contributed by atoms with Gasteiger partial charge in [0.15, 0.2) is 5.82 Å². The van der Waals surface area contributed by atoms with Crippen LogP contribution >= 0.6 is 23.2 Å². The van der Waals surface area contributed by atoms with Gasteiger partial charge in [0.1, 0.15) is 0 Å². The Morgan fingerprint density at radius 3 is 2.57 bits per heavy atom. The second kappa shape index (κ2) is 14.2. The average Bonchev–Trinajstić information content (AvgIpc) is 3.65. The van der Waals surface area contributed by atoms with Crippen molar-refractivity contribution >= 4 is 45.8 Å². The van der Waals surface area contributed by atoms with E-state index in [1.807, 2.05) is 24.3 Å². The Morgan fingerprint density at radius 2 is 1.90 bits per heavy atom. The van der Waals surface area contributed by atoms with Crippen LogP contribution in [0.2, 0.25) is 10.0 Å². The third-order valence-electron chi connectivity index (χ3n) is 11.5. The maximum atomic E-state index is 12.4. The standard InChI is InChI=1S/C36H50Cl2N8O3/c1-6-31(47)42-10-8-25(9-11-42)46-23(2)32(33-28-17-39-40-30(28)15-29(37)34(33)38)35(41-46)45-12-7-24(16-36(45,3)4)18-43-13-14-44(27-21-49-22-27)19-26(43)20-48-5/h6,15,17,24-27H,1,7-14,16,18-22H2,2-5H3,(H,39,40)/t24-,26-/m1/s1. The van der Waals surface area contributed by atoms with Crippen LogP contribution in [0.15, 0.2) is 24.9 Å². The number of methoxy groups -OCH3 is 1. The Labute approximate surface area is 299 Å².